The number of nitrogens with one attached hydrogen (secondary N) is 1. The minimum atomic E-state index is -0.172. The third-order valence-corrected chi connectivity index (χ3v) is 3.63. The Bertz CT molecular complexity index is 426. The second-order valence-corrected chi connectivity index (χ2v) is 5.49. The van der Waals surface area contributed by atoms with Crippen LogP contribution in [0.4, 0.5) is 0 Å². The maximum Gasteiger partial charge on any atom is 0.160 e. The number of rotatable bonds is 10. The molecule has 1 aromatic rings. The van der Waals surface area contributed by atoms with E-state index < -0.39 is 0 Å². The molecule has 0 aromatic heterocycles. The van der Waals surface area contributed by atoms with Gasteiger partial charge in [-0.1, -0.05) is 6.07 Å². The van der Waals surface area contributed by atoms with Gasteiger partial charge in [0.2, 0.25) is 0 Å². The van der Waals surface area contributed by atoms with Crippen LogP contribution in [0.1, 0.15) is 25.3 Å². The highest BCUT2D eigenvalue weighted by Gasteiger charge is 2.22. The molecule has 0 amide bonds. The van der Waals surface area contributed by atoms with E-state index in [9.17, 15) is 0 Å². The minimum absolute atomic E-state index is 0.172. The summed E-state index contributed by atoms with van der Waals surface area (Å²) in [6.07, 6.45) is 2.56. The van der Waals surface area contributed by atoms with Gasteiger partial charge >= 0.3 is 0 Å². The first-order chi connectivity index (χ1) is 10.1. The first kappa shape index (κ1) is 17.8. The monoisotopic (exact) mass is 296 g/mol. The van der Waals surface area contributed by atoms with Crippen LogP contribution in [0, 0.1) is 0 Å². The van der Waals surface area contributed by atoms with Crippen molar-refractivity contribution < 1.29 is 14.6 Å². The molecule has 1 atom stereocenters. The van der Waals surface area contributed by atoms with E-state index >= 15 is 0 Å². The Balaban J connectivity index is 2.71. The van der Waals surface area contributed by atoms with E-state index in [4.69, 9.17) is 20.3 Å². The molecule has 1 rings (SSSR count). The number of nitrogens with two attached hydrogens (primary N) is 1. The molecule has 21 heavy (non-hydrogen) atoms. The SMILES string of the molecule is COc1ccc(CC(C)(CN)NCCCCO)cc1OC. The number of aliphatic hydroxyl groups excluding tert-OH is 1. The van der Waals surface area contributed by atoms with Crippen LogP contribution in [0.3, 0.4) is 0 Å². The number of methoxy groups -OCH3 is 2. The zero-order valence-corrected chi connectivity index (χ0v) is 13.3. The zero-order chi connectivity index (χ0) is 15.7. The van der Waals surface area contributed by atoms with Crippen LogP contribution in [0.5, 0.6) is 11.5 Å². The summed E-state index contributed by atoms with van der Waals surface area (Å²) in [5.74, 6) is 1.46. The van der Waals surface area contributed by atoms with E-state index in [1.807, 2.05) is 18.2 Å². The standard InChI is InChI=1S/C16H28N2O3/c1-16(12-17,18-8-4-5-9-19)11-13-6-7-14(20-2)15(10-13)21-3/h6-7,10,18-19H,4-5,8-9,11-12,17H2,1-3H3. The molecular weight excluding hydrogens is 268 g/mol. The van der Waals surface area contributed by atoms with Crippen molar-refractivity contribution in [3.63, 3.8) is 0 Å². The molecular formula is C16H28N2O3. The lowest BCUT2D eigenvalue weighted by Gasteiger charge is -2.30. The van der Waals surface area contributed by atoms with Gasteiger partial charge in [0.05, 0.1) is 14.2 Å². The second-order valence-electron chi connectivity index (χ2n) is 5.49. The normalized spacial score (nSPS) is 13.8. The average molecular weight is 296 g/mol. The quantitative estimate of drug-likeness (QED) is 0.568. The van der Waals surface area contributed by atoms with Crippen LogP contribution in [0.15, 0.2) is 18.2 Å². The maximum atomic E-state index is 8.82. The average Bonchev–Trinajstić information content (AvgIpc) is 2.51. The van der Waals surface area contributed by atoms with Gasteiger partial charge in [-0.15, -0.1) is 0 Å². The van der Waals surface area contributed by atoms with Crippen LogP contribution >= 0.6 is 0 Å². The van der Waals surface area contributed by atoms with Crippen LogP contribution < -0.4 is 20.5 Å². The summed E-state index contributed by atoms with van der Waals surface area (Å²) in [7, 11) is 3.27. The van der Waals surface area contributed by atoms with Crippen LogP contribution in [0.25, 0.3) is 0 Å². The number of benzene rings is 1. The first-order valence-corrected chi connectivity index (χ1v) is 7.35. The summed E-state index contributed by atoms with van der Waals surface area (Å²) in [6, 6.07) is 5.93. The van der Waals surface area contributed by atoms with E-state index in [0.717, 1.165) is 42.9 Å². The van der Waals surface area contributed by atoms with E-state index in [1.165, 1.54) is 0 Å². The highest BCUT2D eigenvalue weighted by Crippen LogP contribution is 2.28. The summed E-state index contributed by atoms with van der Waals surface area (Å²) in [6.45, 7) is 3.74. The molecule has 120 valence electrons. The van der Waals surface area contributed by atoms with Gasteiger partial charge in [-0.05, 0) is 50.4 Å². The zero-order valence-electron chi connectivity index (χ0n) is 13.3. The summed E-state index contributed by atoms with van der Waals surface area (Å²) in [5.41, 5.74) is 6.91. The fourth-order valence-electron chi connectivity index (χ4n) is 2.27. The van der Waals surface area contributed by atoms with Crippen molar-refractivity contribution >= 4 is 0 Å². The first-order valence-electron chi connectivity index (χ1n) is 7.35. The summed E-state index contributed by atoms with van der Waals surface area (Å²) < 4.78 is 10.6. The van der Waals surface area contributed by atoms with Crippen molar-refractivity contribution in [3.05, 3.63) is 23.8 Å². The predicted molar refractivity (Wildman–Crippen MR) is 85.0 cm³/mol. The third-order valence-electron chi connectivity index (χ3n) is 3.63. The van der Waals surface area contributed by atoms with E-state index in [2.05, 4.69) is 12.2 Å². The van der Waals surface area contributed by atoms with E-state index in [-0.39, 0.29) is 12.1 Å². The molecule has 5 heteroatoms. The van der Waals surface area contributed by atoms with Gasteiger partial charge in [-0.25, -0.2) is 0 Å². The number of aliphatic hydroxyl groups is 1. The topological polar surface area (TPSA) is 76.7 Å². The molecule has 1 unspecified atom stereocenters. The molecule has 0 bridgehead atoms. The van der Waals surface area contributed by atoms with Crippen molar-refractivity contribution in [2.75, 3.05) is 33.9 Å². The Morgan fingerprint density at radius 3 is 2.48 bits per heavy atom. The Morgan fingerprint density at radius 1 is 1.19 bits per heavy atom. The summed E-state index contributed by atoms with van der Waals surface area (Å²) in [4.78, 5) is 0. The summed E-state index contributed by atoms with van der Waals surface area (Å²) >= 11 is 0. The van der Waals surface area contributed by atoms with Crippen molar-refractivity contribution in [2.45, 2.75) is 31.7 Å². The molecule has 0 heterocycles. The molecule has 0 aliphatic rings. The van der Waals surface area contributed by atoms with Gasteiger partial charge in [-0.2, -0.15) is 0 Å². The maximum absolute atomic E-state index is 8.82. The third kappa shape index (κ3) is 5.53. The molecule has 0 saturated carbocycles. The van der Waals surface area contributed by atoms with Gasteiger partial charge in [0, 0.05) is 18.7 Å². The van der Waals surface area contributed by atoms with Crippen molar-refractivity contribution in [1.29, 1.82) is 0 Å². The molecule has 0 aliphatic heterocycles. The van der Waals surface area contributed by atoms with Gasteiger partial charge in [0.1, 0.15) is 0 Å². The largest absolute Gasteiger partial charge is 0.493 e. The van der Waals surface area contributed by atoms with Crippen molar-refractivity contribution in [2.24, 2.45) is 5.73 Å². The fourth-order valence-corrected chi connectivity index (χ4v) is 2.27. The highest BCUT2D eigenvalue weighted by molar-refractivity contribution is 5.43. The number of hydrogen-bond acceptors (Lipinski definition) is 5. The molecule has 0 aliphatic carbocycles. The number of unbranched alkanes of at least 4 members (excludes halogenated alkanes) is 1. The van der Waals surface area contributed by atoms with E-state index in [0.29, 0.717) is 6.54 Å². The Hall–Kier alpha value is -1.30. The molecule has 5 nitrogen and oxygen atoms in total. The lowest BCUT2D eigenvalue weighted by molar-refractivity contribution is 0.277. The molecule has 4 N–H and O–H groups in total. The Morgan fingerprint density at radius 2 is 1.90 bits per heavy atom. The summed E-state index contributed by atoms with van der Waals surface area (Å²) in [5, 5.41) is 12.3. The molecule has 1 aromatic carbocycles. The lowest BCUT2D eigenvalue weighted by atomic mass is 9.92. The fraction of sp³-hybridized carbons (Fsp3) is 0.625. The lowest BCUT2D eigenvalue weighted by Crippen LogP contribution is -2.50. The predicted octanol–water partition coefficient (Wildman–Crippen LogP) is 1.33. The van der Waals surface area contributed by atoms with Gasteiger partial charge in [-0.3, -0.25) is 0 Å². The smallest absolute Gasteiger partial charge is 0.160 e. The Kier molecular flexibility index (Phi) is 7.50. The van der Waals surface area contributed by atoms with Crippen molar-refractivity contribution in [3.8, 4) is 11.5 Å². The second kappa shape index (κ2) is 8.87. The van der Waals surface area contributed by atoms with Crippen molar-refractivity contribution in [1.82, 2.24) is 5.32 Å². The van der Waals surface area contributed by atoms with E-state index in [1.54, 1.807) is 14.2 Å². The molecule has 0 fully saturated rings. The number of hydrogen-bond donors (Lipinski definition) is 3. The molecule has 0 spiro atoms. The van der Waals surface area contributed by atoms with Gasteiger partial charge < -0.3 is 25.6 Å². The number of ether oxygens (including phenoxy) is 2. The van der Waals surface area contributed by atoms with Crippen LogP contribution in [-0.4, -0.2) is 44.6 Å². The highest BCUT2D eigenvalue weighted by atomic mass is 16.5. The van der Waals surface area contributed by atoms with Crippen LogP contribution in [-0.2, 0) is 6.42 Å². The van der Waals surface area contributed by atoms with Gasteiger partial charge in [0.25, 0.3) is 0 Å². The van der Waals surface area contributed by atoms with Crippen LogP contribution in [0.2, 0.25) is 0 Å². The molecule has 0 radical (unpaired) electrons. The minimum Gasteiger partial charge on any atom is -0.493 e. The molecule has 0 saturated heterocycles. The van der Waals surface area contributed by atoms with Gasteiger partial charge in [0.15, 0.2) is 11.5 Å². The Labute approximate surface area is 127 Å².